The van der Waals surface area contributed by atoms with E-state index in [2.05, 4.69) is 33.9 Å². The lowest BCUT2D eigenvalue weighted by Crippen LogP contribution is -2.07. The van der Waals surface area contributed by atoms with E-state index in [-0.39, 0.29) is 5.97 Å². The van der Waals surface area contributed by atoms with Gasteiger partial charge in [0.2, 0.25) is 0 Å². The molecule has 2 heterocycles. The van der Waals surface area contributed by atoms with Crippen LogP contribution >= 0.6 is 33.2 Å². The van der Waals surface area contributed by atoms with Gasteiger partial charge in [-0.1, -0.05) is 51.4 Å². The van der Waals surface area contributed by atoms with E-state index in [1.54, 1.807) is 0 Å². The Kier molecular flexibility index (Phi) is 14.3. The molecule has 2 aromatic rings. The summed E-state index contributed by atoms with van der Waals surface area (Å²) in [6, 6.07) is 6.70. The molecule has 0 saturated carbocycles. The number of carbonyl (C=O) groups excluding carboxylic acids is 1. The minimum absolute atomic E-state index is 0.0474. The number of rotatable bonds is 19. The molecule has 0 aromatic carbocycles. The first-order chi connectivity index (χ1) is 16.0. The number of ether oxygens (including phenoxy) is 1. The van der Waals surface area contributed by atoms with Crippen LogP contribution in [0.1, 0.15) is 83.5 Å². The molecule has 0 aliphatic carbocycles. The van der Waals surface area contributed by atoms with Gasteiger partial charge in [-0.05, 0) is 56.0 Å². The van der Waals surface area contributed by atoms with Gasteiger partial charge in [0.1, 0.15) is 0 Å². The van der Waals surface area contributed by atoms with Gasteiger partial charge in [-0.3, -0.25) is 4.79 Å². The Morgan fingerprint density at radius 2 is 1.52 bits per heavy atom. The molecule has 2 rings (SSSR count). The van der Waals surface area contributed by atoms with Crippen molar-refractivity contribution in [1.82, 2.24) is 9.55 Å². The fraction of sp³-hybridized carbons (Fsp3) is 0.640. The second kappa shape index (κ2) is 16.7. The lowest BCUT2D eigenvalue weighted by molar-refractivity contribution is -0.143. The number of unbranched alkanes of at least 4 members (excludes halogenated alkanes) is 10. The Balaban J connectivity index is 1.36. The van der Waals surface area contributed by atoms with Crippen molar-refractivity contribution >= 4 is 45.2 Å². The molecule has 0 aliphatic heterocycles. The molecule has 0 spiro atoms. The Labute approximate surface area is 214 Å². The molecule has 2 aromatic heterocycles. The van der Waals surface area contributed by atoms with E-state index in [4.69, 9.17) is 38.0 Å². The average Bonchev–Trinajstić information content (AvgIpc) is 3.45. The molecular formula is C25H39Cl3N2O2Si. The molecule has 0 amide bonds. The highest BCUT2D eigenvalue weighted by Crippen LogP contribution is 2.27. The predicted molar refractivity (Wildman–Crippen MR) is 143 cm³/mol. The fourth-order valence-corrected chi connectivity index (χ4v) is 5.85. The minimum atomic E-state index is -2.42. The van der Waals surface area contributed by atoms with Gasteiger partial charge in [-0.2, -0.15) is 0 Å². The van der Waals surface area contributed by atoms with Crippen LogP contribution in [0.3, 0.4) is 0 Å². The van der Waals surface area contributed by atoms with Crippen molar-refractivity contribution in [3.05, 3.63) is 36.7 Å². The minimum Gasteiger partial charge on any atom is -0.466 e. The SMILES string of the molecule is O=C(CCCCCCCCCC[Si](Cl)(Cl)Cl)OCCCCCCn1cccc1-c1ccc[nH]1. The molecule has 186 valence electrons. The van der Waals surface area contributed by atoms with Crippen LogP contribution in [0.25, 0.3) is 11.4 Å². The highest BCUT2D eigenvalue weighted by atomic mass is 35.8. The van der Waals surface area contributed by atoms with Gasteiger partial charge < -0.3 is 14.3 Å². The highest BCUT2D eigenvalue weighted by Gasteiger charge is 2.23. The molecule has 0 saturated heterocycles. The first kappa shape index (κ1) is 28.4. The zero-order chi connectivity index (χ0) is 23.8. The Bertz CT molecular complexity index is 760. The third-order valence-electron chi connectivity index (χ3n) is 5.85. The summed E-state index contributed by atoms with van der Waals surface area (Å²) < 4.78 is 7.68. The second-order valence-electron chi connectivity index (χ2n) is 8.75. The van der Waals surface area contributed by atoms with Crippen molar-refractivity contribution in [1.29, 1.82) is 0 Å². The van der Waals surface area contributed by atoms with E-state index in [0.717, 1.165) is 69.6 Å². The van der Waals surface area contributed by atoms with Crippen molar-refractivity contribution in [3.8, 4) is 11.4 Å². The summed E-state index contributed by atoms with van der Waals surface area (Å²) in [5, 5.41) is 0. The number of carbonyl (C=O) groups is 1. The Hall–Kier alpha value is -0.883. The van der Waals surface area contributed by atoms with E-state index in [0.29, 0.717) is 13.0 Å². The molecular weight excluding hydrogens is 495 g/mol. The first-order valence-corrected chi connectivity index (χ1v) is 17.7. The summed E-state index contributed by atoms with van der Waals surface area (Å²) in [6.45, 7) is 1.56. The maximum Gasteiger partial charge on any atom is 0.341 e. The molecule has 0 radical (unpaired) electrons. The maximum atomic E-state index is 11.9. The molecule has 0 bridgehead atoms. The first-order valence-electron chi connectivity index (χ1n) is 12.5. The maximum absolute atomic E-state index is 11.9. The van der Waals surface area contributed by atoms with Crippen molar-refractivity contribution < 1.29 is 9.53 Å². The summed E-state index contributed by atoms with van der Waals surface area (Å²) >= 11 is 17.6. The van der Waals surface area contributed by atoms with Gasteiger partial charge in [0, 0.05) is 25.4 Å². The predicted octanol–water partition coefficient (Wildman–Crippen LogP) is 8.75. The van der Waals surface area contributed by atoms with Gasteiger partial charge in [-0.25, -0.2) is 0 Å². The molecule has 8 heteroatoms. The van der Waals surface area contributed by atoms with E-state index in [9.17, 15) is 4.79 Å². The van der Waals surface area contributed by atoms with Crippen LogP contribution in [0.15, 0.2) is 36.7 Å². The topological polar surface area (TPSA) is 47.0 Å². The van der Waals surface area contributed by atoms with E-state index >= 15 is 0 Å². The molecule has 0 atom stereocenters. The smallest absolute Gasteiger partial charge is 0.341 e. The monoisotopic (exact) mass is 532 g/mol. The van der Waals surface area contributed by atoms with Gasteiger partial charge in [0.25, 0.3) is 0 Å². The largest absolute Gasteiger partial charge is 0.466 e. The van der Waals surface area contributed by atoms with Crippen LogP contribution in [0.2, 0.25) is 6.04 Å². The molecule has 4 nitrogen and oxygen atoms in total. The van der Waals surface area contributed by atoms with Gasteiger partial charge in [-0.15, -0.1) is 33.2 Å². The summed E-state index contributed by atoms with van der Waals surface area (Å²) in [4.78, 5) is 15.1. The number of hydrogen-bond donors (Lipinski definition) is 1. The molecule has 0 aliphatic rings. The van der Waals surface area contributed by atoms with E-state index in [1.165, 1.54) is 31.4 Å². The van der Waals surface area contributed by atoms with Crippen LogP contribution in [0.5, 0.6) is 0 Å². The highest BCUT2D eigenvalue weighted by molar-refractivity contribution is 7.64. The third kappa shape index (κ3) is 13.6. The molecule has 33 heavy (non-hydrogen) atoms. The lowest BCUT2D eigenvalue weighted by Gasteiger charge is -2.08. The van der Waals surface area contributed by atoms with Crippen LogP contribution in [-0.2, 0) is 16.1 Å². The summed E-state index contributed by atoms with van der Waals surface area (Å²) in [5.74, 6) is -0.0474. The number of esters is 1. The van der Waals surface area contributed by atoms with Gasteiger partial charge >= 0.3 is 12.0 Å². The van der Waals surface area contributed by atoms with Crippen LogP contribution in [0.4, 0.5) is 0 Å². The number of nitrogens with one attached hydrogen (secondary N) is 1. The fourth-order valence-electron chi connectivity index (χ4n) is 3.99. The third-order valence-corrected chi connectivity index (χ3v) is 8.47. The lowest BCUT2D eigenvalue weighted by atomic mass is 10.1. The zero-order valence-electron chi connectivity index (χ0n) is 19.7. The number of nitrogens with zero attached hydrogens (tertiary/aromatic N) is 1. The summed E-state index contributed by atoms with van der Waals surface area (Å²) in [7, 11) is 0. The van der Waals surface area contributed by atoms with Crippen molar-refractivity contribution in [3.63, 3.8) is 0 Å². The number of aryl methyl sites for hydroxylation is 1. The molecule has 1 N–H and O–H groups in total. The van der Waals surface area contributed by atoms with E-state index in [1.807, 2.05) is 12.3 Å². The van der Waals surface area contributed by atoms with Crippen LogP contribution in [0, 0.1) is 0 Å². The number of H-pyrrole nitrogens is 1. The molecule has 0 unspecified atom stereocenters. The summed E-state index contributed by atoms with van der Waals surface area (Å²) in [6.07, 6.45) is 18.0. The number of aromatic nitrogens is 2. The Morgan fingerprint density at radius 1 is 0.848 bits per heavy atom. The Morgan fingerprint density at radius 3 is 2.21 bits per heavy atom. The zero-order valence-corrected chi connectivity index (χ0v) is 22.9. The number of halogens is 3. The number of hydrogen-bond acceptors (Lipinski definition) is 2. The second-order valence-corrected chi connectivity index (χ2v) is 18.0. The van der Waals surface area contributed by atoms with Gasteiger partial charge in [0.05, 0.1) is 18.0 Å². The molecule has 0 fully saturated rings. The number of aromatic amines is 1. The van der Waals surface area contributed by atoms with Crippen LogP contribution < -0.4 is 0 Å². The summed E-state index contributed by atoms with van der Waals surface area (Å²) in [5.41, 5.74) is 2.38. The standard InChI is InChI=1S/C25H39Cl3N2O2Si/c26-33(27,28)22-12-8-4-2-1-3-5-9-17-25(31)32-21-11-7-6-10-19-30-20-14-16-24(30)23-15-13-18-29-23/h13-16,18,20,29H,1-12,17,19,21-22H2. The van der Waals surface area contributed by atoms with Crippen molar-refractivity contribution in [2.75, 3.05) is 6.61 Å². The quantitative estimate of drug-likeness (QED) is 0.0849. The van der Waals surface area contributed by atoms with Gasteiger partial charge in [0.15, 0.2) is 0 Å². The normalized spacial score (nSPS) is 11.7. The van der Waals surface area contributed by atoms with Crippen molar-refractivity contribution in [2.24, 2.45) is 0 Å². The van der Waals surface area contributed by atoms with E-state index < -0.39 is 6.00 Å². The van der Waals surface area contributed by atoms with Crippen LogP contribution in [-0.4, -0.2) is 28.1 Å². The van der Waals surface area contributed by atoms with Crippen molar-refractivity contribution in [2.45, 2.75) is 96.1 Å². The average molecular weight is 534 g/mol.